The van der Waals surface area contributed by atoms with Gasteiger partial charge in [0.15, 0.2) is 0 Å². The van der Waals surface area contributed by atoms with Crippen molar-refractivity contribution in [2.45, 2.75) is 56.0 Å². The van der Waals surface area contributed by atoms with E-state index in [-0.39, 0.29) is 23.3 Å². The molecule has 5 N–H and O–H groups in total. The van der Waals surface area contributed by atoms with Gasteiger partial charge < -0.3 is 34.7 Å². The number of aliphatic hydroxyl groups excluding tert-OH is 4. The number of hydrogen-bond acceptors (Lipinski definition) is 11. The van der Waals surface area contributed by atoms with E-state index in [2.05, 4.69) is 0 Å². The van der Waals surface area contributed by atoms with E-state index in [0.29, 0.717) is 5.39 Å². The summed E-state index contributed by atoms with van der Waals surface area (Å²) >= 11 is 0. The second kappa shape index (κ2) is 11.7. The molecule has 3 unspecified atom stereocenters. The fourth-order valence-electron chi connectivity index (χ4n) is 4.57. The van der Waals surface area contributed by atoms with Crippen molar-refractivity contribution in [1.82, 2.24) is 5.23 Å². The van der Waals surface area contributed by atoms with Gasteiger partial charge in [0.1, 0.15) is 35.7 Å². The fraction of sp³-hybridized carbons (Fsp3) is 0.423. The molecule has 0 radical (unpaired) electrons. The molecule has 3 aromatic rings. The minimum atomic E-state index is -1.64. The minimum Gasteiger partial charge on any atom is -0.507 e. The number of aromatic hydroxyl groups is 1. The first-order valence-electron chi connectivity index (χ1n) is 11.9. The molecular weight excluding hydrogens is 486 g/mol. The Hall–Kier alpha value is -2.87. The second-order valence-electron chi connectivity index (χ2n) is 8.97. The van der Waals surface area contributed by atoms with Crippen LogP contribution in [0.3, 0.4) is 0 Å². The molecule has 0 amide bonds. The molecule has 0 bridgehead atoms. The molecule has 37 heavy (non-hydrogen) atoms. The highest BCUT2D eigenvalue weighted by atomic mass is 17.0. The van der Waals surface area contributed by atoms with Crippen LogP contribution in [-0.2, 0) is 14.4 Å². The molecule has 11 nitrogen and oxygen atoms in total. The van der Waals surface area contributed by atoms with Gasteiger partial charge in [-0.3, -0.25) is 4.84 Å². The molecule has 1 aromatic heterocycles. The number of para-hydroxylation sites is 1. The molecule has 2 aromatic carbocycles. The van der Waals surface area contributed by atoms with Gasteiger partial charge in [-0.15, -0.1) is 0 Å². The average molecular weight is 518 g/mol. The van der Waals surface area contributed by atoms with Crippen LogP contribution < -0.4 is 5.63 Å². The van der Waals surface area contributed by atoms with Gasteiger partial charge in [-0.05, 0) is 31.0 Å². The van der Waals surface area contributed by atoms with Gasteiger partial charge in [0, 0.05) is 5.92 Å². The summed E-state index contributed by atoms with van der Waals surface area (Å²) in [7, 11) is 1.32. The molecule has 0 spiro atoms. The normalized spacial score (nSPS) is 25.9. The lowest BCUT2D eigenvalue weighted by atomic mass is 9.86. The first-order chi connectivity index (χ1) is 17.8. The molecule has 1 aliphatic heterocycles. The molecule has 200 valence electrons. The summed E-state index contributed by atoms with van der Waals surface area (Å²) in [5.74, 6) is -0.833. The average Bonchev–Trinajstić information content (AvgIpc) is 2.91. The number of aliphatic hydroxyl groups is 4. The zero-order valence-corrected chi connectivity index (χ0v) is 20.4. The molecule has 2 heterocycles. The standard InChI is InChI=1S/C26H31NO10/c1-14(27(34-2)37-26-24(32)23(31)22(30)19(13-28)36-26)12-17(15-8-4-3-5-9-15)20-21(29)16-10-6-7-11-18(16)35-25(20)33/h3-11,14,17,19,22-24,26,28-32H,12-13H2,1-2H3/t14?,17?,19-,22+,23+,24+,26?/m1/s1. The summed E-state index contributed by atoms with van der Waals surface area (Å²) < 4.78 is 10.9. The Bertz CT molecular complexity index is 1230. The van der Waals surface area contributed by atoms with Crippen LogP contribution in [-0.4, -0.2) is 81.2 Å². The van der Waals surface area contributed by atoms with E-state index < -0.39 is 54.9 Å². The number of nitrogens with zero attached hydrogens (tertiary/aromatic N) is 1. The quantitative estimate of drug-likeness (QED) is 0.203. The third-order valence-corrected chi connectivity index (χ3v) is 6.54. The lowest BCUT2D eigenvalue weighted by Gasteiger charge is -2.41. The zero-order valence-electron chi connectivity index (χ0n) is 20.4. The van der Waals surface area contributed by atoms with Crippen LogP contribution in [0.4, 0.5) is 0 Å². The highest BCUT2D eigenvalue weighted by Crippen LogP contribution is 2.37. The topological polar surface area (TPSA) is 162 Å². The molecular formula is C26H31NO10. The van der Waals surface area contributed by atoms with E-state index in [1.54, 1.807) is 31.2 Å². The monoisotopic (exact) mass is 517 g/mol. The molecule has 4 rings (SSSR count). The maximum atomic E-state index is 13.1. The smallest absolute Gasteiger partial charge is 0.343 e. The van der Waals surface area contributed by atoms with Crippen molar-refractivity contribution in [3.63, 3.8) is 0 Å². The molecule has 1 aliphatic rings. The summed E-state index contributed by atoms with van der Waals surface area (Å²) in [4.78, 5) is 24.1. The summed E-state index contributed by atoms with van der Waals surface area (Å²) in [6.07, 6.45) is -7.23. The largest absolute Gasteiger partial charge is 0.507 e. The van der Waals surface area contributed by atoms with E-state index in [9.17, 15) is 30.3 Å². The van der Waals surface area contributed by atoms with Gasteiger partial charge in [-0.25, -0.2) is 9.63 Å². The second-order valence-corrected chi connectivity index (χ2v) is 8.97. The van der Waals surface area contributed by atoms with E-state index >= 15 is 0 Å². The van der Waals surface area contributed by atoms with Crippen molar-refractivity contribution in [1.29, 1.82) is 0 Å². The van der Waals surface area contributed by atoms with Crippen molar-refractivity contribution in [2.24, 2.45) is 0 Å². The summed E-state index contributed by atoms with van der Waals surface area (Å²) in [6, 6.07) is 15.2. The third-order valence-electron chi connectivity index (χ3n) is 6.54. The molecule has 0 saturated carbocycles. The van der Waals surface area contributed by atoms with Crippen molar-refractivity contribution >= 4 is 11.0 Å². The summed E-state index contributed by atoms with van der Waals surface area (Å²) in [5, 5.41) is 52.4. The number of rotatable bonds is 9. The Morgan fingerprint density at radius 1 is 1.00 bits per heavy atom. The van der Waals surface area contributed by atoms with Crippen LogP contribution in [0.1, 0.15) is 30.4 Å². The van der Waals surface area contributed by atoms with Gasteiger partial charge in [0.25, 0.3) is 0 Å². The zero-order chi connectivity index (χ0) is 26.7. The predicted molar refractivity (Wildman–Crippen MR) is 130 cm³/mol. The fourth-order valence-corrected chi connectivity index (χ4v) is 4.57. The number of hydroxylamine groups is 2. The van der Waals surface area contributed by atoms with Crippen molar-refractivity contribution in [3.05, 3.63) is 76.1 Å². The maximum Gasteiger partial charge on any atom is 0.343 e. The predicted octanol–water partition coefficient (Wildman–Crippen LogP) is 1.00. The number of benzene rings is 2. The lowest BCUT2D eigenvalue weighted by molar-refractivity contribution is -0.453. The van der Waals surface area contributed by atoms with Gasteiger partial charge in [0.05, 0.1) is 30.7 Å². The van der Waals surface area contributed by atoms with Crippen LogP contribution >= 0.6 is 0 Å². The van der Waals surface area contributed by atoms with Crippen molar-refractivity contribution < 1.29 is 44.4 Å². The number of hydrogen-bond donors (Lipinski definition) is 5. The highest BCUT2D eigenvalue weighted by Gasteiger charge is 2.45. The minimum absolute atomic E-state index is 0.0700. The van der Waals surface area contributed by atoms with E-state index in [0.717, 1.165) is 10.8 Å². The Morgan fingerprint density at radius 3 is 2.35 bits per heavy atom. The van der Waals surface area contributed by atoms with Crippen molar-refractivity contribution in [2.75, 3.05) is 13.7 Å². The first-order valence-corrected chi connectivity index (χ1v) is 11.9. The Kier molecular flexibility index (Phi) is 8.57. The SMILES string of the molecule is CON(OC1O[C@H](CO)[C@H](O)[C@H](O)[C@@H]1O)C(C)CC(c1ccccc1)c1c(O)c2ccccc2oc1=O. The number of ether oxygens (including phenoxy) is 1. The molecule has 1 fully saturated rings. The maximum absolute atomic E-state index is 13.1. The van der Waals surface area contributed by atoms with E-state index in [4.69, 9.17) is 18.8 Å². The Labute approximate surface area is 212 Å². The van der Waals surface area contributed by atoms with Crippen LogP contribution in [0.25, 0.3) is 11.0 Å². The third kappa shape index (κ3) is 5.54. The van der Waals surface area contributed by atoms with Crippen molar-refractivity contribution in [3.8, 4) is 5.75 Å². The highest BCUT2D eigenvalue weighted by molar-refractivity contribution is 5.84. The van der Waals surface area contributed by atoms with E-state index in [1.165, 1.54) is 7.11 Å². The summed E-state index contributed by atoms with van der Waals surface area (Å²) in [5.41, 5.74) is 0.380. The Morgan fingerprint density at radius 2 is 1.68 bits per heavy atom. The van der Waals surface area contributed by atoms with Gasteiger partial charge in [-0.1, -0.05) is 47.7 Å². The van der Waals surface area contributed by atoms with E-state index in [1.807, 2.05) is 30.3 Å². The van der Waals surface area contributed by atoms with Crippen LogP contribution in [0.5, 0.6) is 5.75 Å². The molecule has 1 saturated heterocycles. The van der Waals surface area contributed by atoms with Crippen LogP contribution in [0, 0.1) is 0 Å². The molecule has 11 heteroatoms. The van der Waals surface area contributed by atoms with Gasteiger partial charge >= 0.3 is 5.63 Å². The molecule has 0 aliphatic carbocycles. The van der Waals surface area contributed by atoms with Crippen LogP contribution in [0.15, 0.2) is 63.8 Å². The Balaban J connectivity index is 1.64. The molecule has 7 atom stereocenters. The van der Waals surface area contributed by atoms with Crippen LogP contribution in [0.2, 0.25) is 0 Å². The number of fused-ring (bicyclic) bond motifs is 1. The first kappa shape index (κ1) is 27.2. The van der Waals surface area contributed by atoms with Gasteiger partial charge in [-0.2, -0.15) is 0 Å². The summed E-state index contributed by atoms with van der Waals surface area (Å²) in [6.45, 7) is 1.11. The lowest BCUT2D eigenvalue weighted by Crippen LogP contribution is -2.60. The van der Waals surface area contributed by atoms with Gasteiger partial charge in [0.2, 0.25) is 6.29 Å².